The second-order valence-corrected chi connectivity index (χ2v) is 5.72. The van der Waals surface area contributed by atoms with Gasteiger partial charge in [0.15, 0.2) is 11.7 Å². The topological polar surface area (TPSA) is 79.2 Å². The van der Waals surface area contributed by atoms with E-state index in [0.29, 0.717) is 23.6 Å². The fourth-order valence-electron chi connectivity index (χ4n) is 2.58. The van der Waals surface area contributed by atoms with Crippen molar-refractivity contribution in [2.24, 2.45) is 5.92 Å². The van der Waals surface area contributed by atoms with Crippen LogP contribution in [0, 0.1) is 31.1 Å². The Morgan fingerprint density at radius 2 is 1.80 bits per heavy atom. The van der Waals surface area contributed by atoms with Crippen LogP contribution < -0.4 is 10.1 Å². The molecule has 5 heteroatoms. The Labute approximate surface area is 147 Å². The second kappa shape index (κ2) is 8.11. The number of para-hydroxylation sites is 2. The Bertz CT molecular complexity index is 817. The summed E-state index contributed by atoms with van der Waals surface area (Å²) in [5.41, 5.74) is 2.60. The molecule has 2 aromatic rings. The van der Waals surface area contributed by atoms with Gasteiger partial charge in [0.05, 0.1) is 18.4 Å². The van der Waals surface area contributed by atoms with Crippen LogP contribution in [0.2, 0.25) is 0 Å². The molecule has 0 fully saturated rings. The zero-order chi connectivity index (χ0) is 18.4. The first-order valence-corrected chi connectivity index (χ1v) is 8.01. The van der Waals surface area contributed by atoms with Crippen LogP contribution in [-0.2, 0) is 4.79 Å². The summed E-state index contributed by atoms with van der Waals surface area (Å²) in [5, 5.41) is 12.0. The number of carbonyl (C=O) groups is 2. The molecule has 0 saturated carbocycles. The number of Topliss-reactive ketones (excluding diaryl/α,β-unsaturated/α-hetero) is 1. The van der Waals surface area contributed by atoms with Crippen LogP contribution in [0.15, 0.2) is 42.5 Å². The number of ether oxygens (including phenoxy) is 1. The Morgan fingerprint density at radius 3 is 2.40 bits per heavy atom. The van der Waals surface area contributed by atoms with E-state index in [1.54, 1.807) is 36.4 Å². The molecule has 0 saturated heterocycles. The van der Waals surface area contributed by atoms with Gasteiger partial charge in [0.1, 0.15) is 5.75 Å². The summed E-state index contributed by atoms with van der Waals surface area (Å²) in [6.07, 6.45) is 0. The molecule has 0 aliphatic carbocycles. The van der Waals surface area contributed by atoms with E-state index in [-0.39, 0.29) is 0 Å². The third kappa shape index (κ3) is 4.45. The SMILES string of the molecule is CCOc1ccccc1NC(=O)[C@H](C#N)C(=O)c1cc(C)cc(C)c1. The van der Waals surface area contributed by atoms with Crippen LogP contribution in [0.5, 0.6) is 5.75 Å². The number of nitrogens with one attached hydrogen (secondary N) is 1. The maximum atomic E-state index is 12.6. The minimum Gasteiger partial charge on any atom is -0.492 e. The number of aryl methyl sites for hydroxylation is 2. The van der Waals surface area contributed by atoms with Gasteiger partial charge in [-0.25, -0.2) is 0 Å². The average molecular weight is 336 g/mol. The Balaban J connectivity index is 2.24. The van der Waals surface area contributed by atoms with Gasteiger partial charge in [0.2, 0.25) is 5.91 Å². The maximum absolute atomic E-state index is 12.6. The van der Waals surface area contributed by atoms with E-state index in [9.17, 15) is 14.9 Å². The molecule has 0 aromatic heterocycles. The predicted molar refractivity (Wildman–Crippen MR) is 95.6 cm³/mol. The molecule has 25 heavy (non-hydrogen) atoms. The van der Waals surface area contributed by atoms with Crippen molar-refractivity contribution in [3.8, 4) is 11.8 Å². The molecule has 2 aromatic carbocycles. The summed E-state index contributed by atoms with van der Waals surface area (Å²) < 4.78 is 5.45. The highest BCUT2D eigenvalue weighted by Crippen LogP contribution is 2.24. The van der Waals surface area contributed by atoms with Gasteiger partial charge in [-0.3, -0.25) is 9.59 Å². The molecule has 2 rings (SSSR count). The first kappa shape index (κ1) is 18.2. The zero-order valence-corrected chi connectivity index (χ0v) is 14.5. The molecule has 1 amide bonds. The van der Waals surface area contributed by atoms with Crippen molar-refractivity contribution in [2.45, 2.75) is 20.8 Å². The second-order valence-electron chi connectivity index (χ2n) is 5.72. The highest BCUT2D eigenvalue weighted by atomic mass is 16.5. The molecular formula is C20H20N2O3. The van der Waals surface area contributed by atoms with Crippen molar-refractivity contribution in [2.75, 3.05) is 11.9 Å². The van der Waals surface area contributed by atoms with Crippen molar-refractivity contribution < 1.29 is 14.3 Å². The van der Waals surface area contributed by atoms with Crippen LogP contribution in [0.3, 0.4) is 0 Å². The molecule has 128 valence electrons. The summed E-state index contributed by atoms with van der Waals surface area (Å²) in [4.78, 5) is 25.1. The lowest BCUT2D eigenvalue weighted by Crippen LogP contribution is -2.29. The van der Waals surface area contributed by atoms with Crippen molar-refractivity contribution in [3.63, 3.8) is 0 Å². The van der Waals surface area contributed by atoms with Gasteiger partial charge < -0.3 is 10.1 Å². The normalized spacial score (nSPS) is 11.3. The van der Waals surface area contributed by atoms with Crippen molar-refractivity contribution >= 4 is 17.4 Å². The molecule has 0 heterocycles. The number of ketones is 1. The summed E-state index contributed by atoms with van der Waals surface area (Å²) in [6, 6.07) is 14.0. The molecule has 1 N–H and O–H groups in total. The van der Waals surface area contributed by atoms with Crippen molar-refractivity contribution in [1.82, 2.24) is 0 Å². The molecule has 0 aliphatic heterocycles. The Morgan fingerprint density at radius 1 is 1.16 bits per heavy atom. The van der Waals surface area contributed by atoms with E-state index in [2.05, 4.69) is 5.32 Å². The maximum Gasteiger partial charge on any atom is 0.249 e. The molecule has 0 unspecified atom stereocenters. The molecule has 0 bridgehead atoms. The van der Waals surface area contributed by atoms with Crippen LogP contribution in [0.1, 0.15) is 28.4 Å². The van der Waals surface area contributed by atoms with Crippen LogP contribution >= 0.6 is 0 Å². The van der Waals surface area contributed by atoms with E-state index in [0.717, 1.165) is 11.1 Å². The number of nitriles is 1. The van der Waals surface area contributed by atoms with Crippen LogP contribution in [0.25, 0.3) is 0 Å². The number of anilines is 1. The molecule has 1 atom stereocenters. The number of carbonyl (C=O) groups excluding carboxylic acids is 2. The van der Waals surface area contributed by atoms with E-state index < -0.39 is 17.6 Å². The monoisotopic (exact) mass is 336 g/mol. The highest BCUT2D eigenvalue weighted by molar-refractivity contribution is 6.15. The van der Waals surface area contributed by atoms with Gasteiger partial charge in [0, 0.05) is 5.56 Å². The van der Waals surface area contributed by atoms with Crippen LogP contribution in [-0.4, -0.2) is 18.3 Å². The summed E-state index contributed by atoms with van der Waals surface area (Å²) >= 11 is 0. The predicted octanol–water partition coefficient (Wildman–Crippen LogP) is 3.66. The number of nitrogens with zero attached hydrogens (tertiary/aromatic N) is 1. The van der Waals surface area contributed by atoms with Crippen molar-refractivity contribution in [3.05, 3.63) is 59.2 Å². The van der Waals surface area contributed by atoms with Crippen molar-refractivity contribution in [1.29, 1.82) is 5.26 Å². The summed E-state index contributed by atoms with van der Waals surface area (Å²) in [6.45, 7) is 6.00. The number of hydrogen-bond acceptors (Lipinski definition) is 4. The minimum absolute atomic E-state index is 0.359. The quantitative estimate of drug-likeness (QED) is 0.645. The van der Waals surface area contributed by atoms with Gasteiger partial charge in [-0.15, -0.1) is 0 Å². The molecule has 5 nitrogen and oxygen atoms in total. The van der Waals surface area contributed by atoms with Gasteiger partial charge in [0.25, 0.3) is 0 Å². The van der Waals surface area contributed by atoms with E-state index in [1.807, 2.05) is 32.9 Å². The number of benzene rings is 2. The summed E-state index contributed by atoms with van der Waals surface area (Å²) in [5.74, 6) is -2.11. The van der Waals surface area contributed by atoms with E-state index in [1.165, 1.54) is 0 Å². The molecule has 0 radical (unpaired) electrons. The number of rotatable bonds is 6. The van der Waals surface area contributed by atoms with Gasteiger partial charge in [-0.05, 0) is 45.0 Å². The summed E-state index contributed by atoms with van der Waals surface area (Å²) in [7, 11) is 0. The average Bonchev–Trinajstić information content (AvgIpc) is 2.56. The zero-order valence-electron chi connectivity index (χ0n) is 14.5. The lowest BCUT2D eigenvalue weighted by atomic mass is 9.95. The molecular weight excluding hydrogens is 316 g/mol. The van der Waals surface area contributed by atoms with E-state index in [4.69, 9.17) is 4.74 Å². The third-order valence-corrected chi connectivity index (χ3v) is 3.60. The molecule has 0 aliphatic rings. The van der Waals surface area contributed by atoms with Gasteiger partial charge in [-0.2, -0.15) is 5.26 Å². The number of amides is 1. The lowest BCUT2D eigenvalue weighted by Gasteiger charge is -2.13. The third-order valence-electron chi connectivity index (χ3n) is 3.60. The first-order chi connectivity index (χ1) is 12.0. The fraction of sp³-hybridized carbons (Fsp3) is 0.250. The largest absolute Gasteiger partial charge is 0.492 e. The fourth-order valence-corrected chi connectivity index (χ4v) is 2.58. The Hall–Kier alpha value is -3.13. The van der Waals surface area contributed by atoms with Gasteiger partial charge in [-0.1, -0.05) is 29.3 Å². The number of hydrogen-bond donors (Lipinski definition) is 1. The minimum atomic E-state index is -1.42. The molecule has 0 spiro atoms. The van der Waals surface area contributed by atoms with Gasteiger partial charge >= 0.3 is 0 Å². The smallest absolute Gasteiger partial charge is 0.249 e. The van der Waals surface area contributed by atoms with E-state index >= 15 is 0 Å². The Kier molecular flexibility index (Phi) is 5.91. The van der Waals surface area contributed by atoms with Crippen LogP contribution in [0.4, 0.5) is 5.69 Å². The lowest BCUT2D eigenvalue weighted by molar-refractivity contribution is -0.117. The first-order valence-electron chi connectivity index (χ1n) is 8.01. The standard InChI is InChI=1S/C20H20N2O3/c1-4-25-18-8-6-5-7-17(18)22-20(24)16(12-21)19(23)15-10-13(2)9-14(3)11-15/h5-11,16H,4H2,1-3H3,(H,22,24)/t16-/m1/s1. The highest BCUT2D eigenvalue weighted by Gasteiger charge is 2.28.